The number of carbonyl (C=O) groups is 2. The Morgan fingerprint density at radius 3 is 2.48 bits per heavy atom. The minimum absolute atomic E-state index is 0.0140. The highest BCUT2D eigenvalue weighted by atomic mass is 16.5. The van der Waals surface area contributed by atoms with Gasteiger partial charge in [-0.25, -0.2) is 4.79 Å². The molecule has 2 aromatic rings. The van der Waals surface area contributed by atoms with Crippen LogP contribution >= 0.6 is 0 Å². The van der Waals surface area contributed by atoms with Gasteiger partial charge in [0.25, 0.3) is 0 Å². The van der Waals surface area contributed by atoms with Gasteiger partial charge >= 0.3 is 5.97 Å². The van der Waals surface area contributed by atoms with Gasteiger partial charge in [0.1, 0.15) is 12.4 Å². The highest BCUT2D eigenvalue weighted by molar-refractivity contribution is 6.14. The number of hydrogen-bond donors (Lipinski definition) is 1. The Labute approximate surface area is 122 Å². The molecule has 0 aromatic heterocycles. The van der Waals surface area contributed by atoms with Crippen molar-refractivity contribution in [3.05, 3.63) is 77.9 Å². The Balaban J connectivity index is 2.36. The molecule has 0 unspecified atom stereocenters. The van der Waals surface area contributed by atoms with Gasteiger partial charge in [-0.2, -0.15) is 0 Å². The third kappa shape index (κ3) is 3.36. The van der Waals surface area contributed by atoms with Crippen LogP contribution in [0, 0.1) is 0 Å². The van der Waals surface area contributed by atoms with Crippen LogP contribution in [0.15, 0.2) is 61.2 Å². The number of ketones is 1. The first-order chi connectivity index (χ1) is 10.1. The van der Waals surface area contributed by atoms with E-state index < -0.39 is 5.97 Å². The molecule has 0 aliphatic rings. The molecule has 0 saturated heterocycles. The van der Waals surface area contributed by atoms with Crippen LogP contribution < -0.4 is 4.74 Å². The zero-order chi connectivity index (χ0) is 15.2. The number of carbonyl (C=O) groups excluding carboxylic acids is 1. The summed E-state index contributed by atoms with van der Waals surface area (Å²) in [6.07, 6.45) is 1.61. The molecule has 21 heavy (non-hydrogen) atoms. The lowest BCUT2D eigenvalue weighted by atomic mass is 9.98. The quantitative estimate of drug-likeness (QED) is 0.653. The smallest absolute Gasteiger partial charge is 0.336 e. The number of carboxylic acids is 1. The van der Waals surface area contributed by atoms with Crippen LogP contribution in [0.25, 0.3) is 0 Å². The summed E-state index contributed by atoms with van der Waals surface area (Å²) >= 11 is 0. The van der Waals surface area contributed by atoms with Crippen molar-refractivity contribution in [2.45, 2.75) is 0 Å². The molecular weight excluding hydrogens is 268 g/mol. The predicted molar refractivity (Wildman–Crippen MR) is 79.0 cm³/mol. The van der Waals surface area contributed by atoms with Crippen molar-refractivity contribution >= 4 is 11.8 Å². The molecule has 0 aliphatic carbocycles. The summed E-state index contributed by atoms with van der Waals surface area (Å²) in [6, 6.07) is 12.8. The number of carboxylic acid groups (broad SMARTS) is 1. The molecule has 0 saturated carbocycles. The first kappa shape index (κ1) is 14.5. The summed E-state index contributed by atoms with van der Waals surface area (Å²) in [5.41, 5.74) is 0.524. The second-order valence-corrected chi connectivity index (χ2v) is 4.31. The molecule has 0 spiro atoms. The van der Waals surface area contributed by atoms with Gasteiger partial charge in [-0.05, 0) is 18.2 Å². The molecule has 2 rings (SSSR count). The average molecular weight is 282 g/mol. The maximum Gasteiger partial charge on any atom is 0.336 e. The van der Waals surface area contributed by atoms with Gasteiger partial charge in [0, 0.05) is 11.1 Å². The Kier molecular flexibility index (Phi) is 4.51. The number of rotatable bonds is 6. The third-order valence-corrected chi connectivity index (χ3v) is 2.87. The maximum absolute atomic E-state index is 12.5. The van der Waals surface area contributed by atoms with Crippen LogP contribution in [0.2, 0.25) is 0 Å². The van der Waals surface area contributed by atoms with Crippen molar-refractivity contribution in [2.24, 2.45) is 0 Å². The van der Waals surface area contributed by atoms with E-state index in [0.29, 0.717) is 17.9 Å². The van der Waals surface area contributed by atoms with Gasteiger partial charge in [-0.15, -0.1) is 0 Å². The molecular formula is C17H14O4. The fraction of sp³-hybridized carbons (Fsp3) is 0.0588. The molecule has 2 aromatic carbocycles. The average Bonchev–Trinajstić information content (AvgIpc) is 2.52. The summed E-state index contributed by atoms with van der Waals surface area (Å²) in [5, 5.41) is 9.14. The van der Waals surface area contributed by atoms with Gasteiger partial charge in [-0.3, -0.25) is 4.79 Å². The zero-order valence-electron chi connectivity index (χ0n) is 11.3. The fourth-order valence-corrected chi connectivity index (χ4v) is 1.91. The van der Waals surface area contributed by atoms with E-state index >= 15 is 0 Å². The summed E-state index contributed by atoms with van der Waals surface area (Å²) in [5.74, 6) is -0.941. The molecule has 4 nitrogen and oxygen atoms in total. The Morgan fingerprint density at radius 1 is 1.10 bits per heavy atom. The lowest BCUT2D eigenvalue weighted by Crippen LogP contribution is -2.09. The van der Waals surface area contributed by atoms with Crippen molar-refractivity contribution in [2.75, 3.05) is 6.61 Å². The van der Waals surface area contributed by atoms with Crippen LogP contribution in [-0.2, 0) is 0 Å². The van der Waals surface area contributed by atoms with Crippen molar-refractivity contribution < 1.29 is 19.4 Å². The largest absolute Gasteiger partial charge is 0.490 e. The van der Waals surface area contributed by atoms with E-state index in [1.54, 1.807) is 42.5 Å². The van der Waals surface area contributed by atoms with Gasteiger partial charge in [0.05, 0.1) is 5.56 Å². The molecule has 1 N–H and O–H groups in total. The fourth-order valence-electron chi connectivity index (χ4n) is 1.91. The highest BCUT2D eigenvalue weighted by Crippen LogP contribution is 2.19. The van der Waals surface area contributed by atoms with E-state index in [9.17, 15) is 9.59 Å². The van der Waals surface area contributed by atoms with Crippen LogP contribution in [0.4, 0.5) is 0 Å². The Hall–Kier alpha value is -2.88. The van der Waals surface area contributed by atoms with E-state index in [4.69, 9.17) is 9.84 Å². The van der Waals surface area contributed by atoms with Crippen molar-refractivity contribution in [1.82, 2.24) is 0 Å². The number of hydrogen-bond acceptors (Lipinski definition) is 3. The molecule has 0 aliphatic heterocycles. The summed E-state index contributed by atoms with van der Waals surface area (Å²) in [4.78, 5) is 23.6. The van der Waals surface area contributed by atoms with Crippen molar-refractivity contribution in [1.29, 1.82) is 0 Å². The minimum Gasteiger partial charge on any atom is -0.490 e. The number of aromatic carboxylic acids is 1. The molecule has 0 bridgehead atoms. The van der Waals surface area contributed by atoms with Crippen molar-refractivity contribution in [3.8, 4) is 5.75 Å². The maximum atomic E-state index is 12.5. The van der Waals surface area contributed by atoms with Crippen LogP contribution in [0.3, 0.4) is 0 Å². The Morgan fingerprint density at radius 2 is 1.81 bits per heavy atom. The molecule has 0 atom stereocenters. The Bertz CT molecular complexity index is 689. The molecule has 4 heteroatoms. The van der Waals surface area contributed by atoms with Crippen LogP contribution in [-0.4, -0.2) is 23.5 Å². The molecule has 0 amide bonds. The van der Waals surface area contributed by atoms with Crippen LogP contribution in [0.1, 0.15) is 26.3 Å². The lowest BCUT2D eigenvalue weighted by Gasteiger charge is -2.07. The molecule has 0 fully saturated rings. The summed E-state index contributed by atoms with van der Waals surface area (Å²) in [7, 11) is 0. The topological polar surface area (TPSA) is 63.6 Å². The second-order valence-electron chi connectivity index (χ2n) is 4.31. The number of benzene rings is 2. The minimum atomic E-state index is -1.13. The van der Waals surface area contributed by atoms with Crippen LogP contribution in [0.5, 0.6) is 5.75 Å². The van der Waals surface area contributed by atoms with E-state index in [0.717, 1.165) is 0 Å². The van der Waals surface area contributed by atoms with E-state index in [1.165, 1.54) is 12.1 Å². The highest BCUT2D eigenvalue weighted by Gasteiger charge is 2.17. The first-order valence-electron chi connectivity index (χ1n) is 6.34. The second kappa shape index (κ2) is 6.52. The third-order valence-electron chi connectivity index (χ3n) is 2.87. The van der Waals surface area contributed by atoms with Gasteiger partial charge in [0.15, 0.2) is 5.78 Å². The SMILES string of the molecule is C=CCOc1cccc(C(=O)c2ccccc2C(=O)O)c1. The molecule has 0 radical (unpaired) electrons. The predicted octanol–water partition coefficient (Wildman–Crippen LogP) is 3.18. The number of ether oxygens (including phenoxy) is 1. The summed E-state index contributed by atoms with van der Waals surface area (Å²) in [6.45, 7) is 3.89. The van der Waals surface area contributed by atoms with E-state index in [-0.39, 0.29) is 16.9 Å². The normalized spacial score (nSPS) is 9.90. The van der Waals surface area contributed by atoms with Gasteiger partial charge in [0.2, 0.25) is 0 Å². The standard InChI is InChI=1S/C17H14O4/c1-2-10-21-13-7-5-6-12(11-13)16(18)14-8-3-4-9-15(14)17(19)20/h2-9,11H,1,10H2,(H,19,20). The monoisotopic (exact) mass is 282 g/mol. The van der Waals surface area contributed by atoms with E-state index in [2.05, 4.69) is 6.58 Å². The first-order valence-corrected chi connectivity index (χ1v) is 6.34. The van der Waals surface area contributed by atoms with E-state index in [1.807, 2.05) is 0 Å². The van der Waals surface area contributed by atoms with Crippen molar-refractivity contribution in [3.63, 3.8) is 0 Å². The molecule has 106 valence electrons. The summed E-state index contributed by atoms with van der Waals surface area (Å²) < 4.78 is 5.37. The van der Waals surface area contributed by atoms with Gasteiger partial charge < -0.3 is 9.84 Å². The lowest BCUT2D eigenvalue weighted by molar-refractivity contribution is 0.0693. The molecule has 0 heterocycles. The zero-order valence-corrected chi connectivity index (χ0v) is 11.3. The van der Waals surface area contributed by atoms with Gasteiger partial charge in [-0.1, -0.05) is 43.0 Å².